The monoisotopic (exact) mass is 472 g/mol. The van der Waals surface area contributed by atoms with E-state index >= 15 is 0 Å². The van der Waals surface area contributed by atoms with Crippen molar-refractivity contribution < 1.29 is 19.7 Å². The van der Waals surface area contributed by atoms with Crippen LogP contribution in [-0.4, -0.2) is 40.9 Å². The Morgan fingerprint density at radius 1 is 0.941 bits per heavy atom. The number of hydrogen-bond acceptors (Lipinski definition) is 4. The molecule has 12 atom stereocenters. The average molecular weight is 473 g/mol. The smallest absolute Gasteiger partial charge is 0.165 e. The molecule has 0 aromatic heterocycles. The van der Waals surface area contributed by atoms with Gasteiger partial charge in [-0.2, -0.15) is 0 Å². The number of carbonyl (C=O) groups is 1. The first kappa shape index (κ1) is 23.9. The summed E-state index contributed by atoms with van der Waals surface area (Å²) in [5, 5.41) is 21.4. The minimum Gasteiger partial charge on any atom is -0.396 e. The van der Waals surface area contributed by atoms with E-state index in [-0.39, 0.29) is 40.1 Å². The molecular weight excluding hydrogens is 424 g/mol. The molecular formula is C30H48O4. The van der Waals surface area contributed by atoms with Gasteiger partial charge in [0, 0.05) is 28.6 Å². The first-order valence-corrected chi connectivity index (χ1v) is 14.3. The van der Waals surface area contributed by atoms with Crippen molar-refractivity contribution in [2.45, 2.75) is 111 Å². The van der Waals surface area contributed by atoms with Crippen LogP contribution in [0.3, 0.4) is 0 Å². The molecule has 1 spiro atoms. The van der Waals surface area contributed by atoms with Crippen molar-refractivity contribution in [3.8, 4) is 0 Å². The number of aliphatic hydroxyl groups is 2. The Kier molecular flexibility index (Phi) is 4.85. The van der Waals surface area contributed by atoms with Crippen LogP contribution in [0.15, 0.2) is 0 Å². The highest BCUT2D eigenvalue weighted by Crippen LogP contribution is 2.79. The molecule has 6 rings (SSSR count). The molecule has 1 aliphatic heterocycles. The van der Waals surface area contributed by atoms with Gasteiger partial charge in [-0.3, -0.25) is 4.79 Å². The summed E-state index contributed by atoms with van der Waals surface area (Å²) < 4.78 is 6.97. The van der Waals surface area contributed by atoms with E-state index in [2.05, 4.69) is 41.5 Å². The number of ether oxygens (including phenoxy) is 1. The third-order valence-electron chi connectivity index (χ3n) is 14.4. The number of aliphatic hydroxyl groups excluding tert-OH is 2. The zero-order valence-corrected chi connectivity index (χ0v) is 22.5. The van der Waals surface area contributed by atoms with E-state index in [1.807, 2.05) is 0 Å². The number of carbonyl (C=O) groups excluding carboxylic acids is 1. The molecule has 0 unspecified atom stereocenters. The van der Waals surface area contributed by atoms with Crippen molar-refractivity contribution in [2.75, 3.05) is 13.2 Å². The van der Waals surface area contributed by atoms with Crippen LogP contribution >= 0.6 is 0 Å². The highest BCUT2D eigenvalue weighted by molar-refractivity contribution is 5.91. The van der Waals surface area contributed by atoms with Crippen molar-refractivity contribution >= 4 is 5.78 Å². The number of fused-ring (bicyclic) bond motifs is 4. The highest BCUT2D eigenvalue weighted by atomic mass is 16.5. The molecule has 0 aromatic rings. The standard InChI is InChI=1S/C30H48O4/c1-18-7-12-29-14-13-28(6)27(5)11-8-20-25(3,10-9-22(32)26(20,4)16-31)21(27)15-23(33)30(28,34-17-29)24(29)19(18)2/h18-22,24,31-32H,7-17H2,1-6H3/t18-,19+,20-,21-,22+,24-,25+,26+,27-,28+,29-,30+/m1/s1. The SMILES string of the molecule is C[C@H]1[C@H](C)CC[C@@]23CC[C@@]4(C)[C@]5(C)CC[C@@H]6[C@](C)(CC[C@H](O)[C@@]6(C)CO)[C@H]5CC(=O)[C@]4(OC2)[C@H]13. The zero-order chi connectivity index (χ0) is 24.5. The summed E-state index contributed by atoms with van der Waals surface area (Å²) >= 11 is 0. The number of hydrogen-bond donors (Lipinski definition) is 2. The molecule has 2 N–H and O–H groups in total. The summed E-state index contributed by atoms with van der Waals surface area (Å²) in [4.78, 5) is 14.6. The first-order chi connectivity index (χ1) is 15.9. The Morgan fingerprint density at radius 3 is 2.38 bits per heavy atom. The lowest BCUT2D eigenvalue weighted by atomic mass is 9.30. The van der Waals surface area contributed by atoms with Gasteiger partial charge >= 0.3 is 0 Å². The lowest BCUT2D eigenvalue weighted by Crippen LogP contribution is -2.75. The molecule has 2 bridgehead atoms. The fourth-order valence-corrected chi connectivity index (χ4v) is 12.0. The summed E-state index contributed by atoms with van der Waals surface area (Å²) in [5.74, 6) is 2.45. The minimum atomic E-state index is -0.623. The van der Waals surface area contributed by atoms with E-state index in [1.165, 1.54) is 19.3 Å². The molecule has 0 radical (unpaired) electrons. The third kappa shape index (κ3) is 2.32. The first-order valence-electron chi connectivity index (χ1n) is 14.3. The van der Waals surface area contributed by atoms with Gasteiger partial charge in [0.25, 0.3) is 0 Å². The lowest BCUT2D eigenvalue weighted by molar-refractivity contribution is -0.276. The second-order valence-electron chi connectivity index (χ2n) is 15.0. The molecule has 0 aromatic carbocycles. The van der Waals surface area contributed by atoms with E-state index in [0.29, 0.717) is 30.0 Å². The maximum absolute atomic E-state index is 14.6. The van der Waals surface area contributed by atoms with Gasteiger partial charge in [-0.25, -0.2) is 0 Å². The van der Waals surface area contributed by atoms with Crippen molar-refractivity contribution in [3.05, 3.63) is 0 Å². The van der Waals surface area contributed by atoms with E-state index in [0.717, 1.165) is 38.7 Å². The van der Waals surface area contributed by atoms with Crippen molar-refractivity contribution in [1.82, 2.24) is 0 Å². The molecule has 6 aliphatic rings. The minimum absolute atomic E-state index is 0.0239. The Balaban J connectivity index is 1.48. The van der Waals surface area contributed by atoms with E-state index < -0.39 is 17.1 Å². The topological polar surface area (TPSA) is 66.8 Å². The van der Waals surface area contributed by atoms with Crippen LogP contribution in [0, 0.1) is 56.7 Å². The van der Waals surface area contributed by atoms with Crippen LogP contribution in [0.5, 0.6) is 0 Å². The normalized spacial score (nSPS) is 62.9. The van der Waals surface area contributed by atoms with E-state index in [9.17, 15) is 15.0 Å². The molecule has 0 amide bonds. The van der Waals surface area contributed by atoms with Gasteiger partial charge in [0.05, 0.1) is 19.3 Å². The van der Waals surface area contributed by atoms with E-state index in [4.69, 9.17) is 4.74 Å². The van der Waals surface area contributed by atoms with Gasteiger partial charge in [0.15, 0.2) is 5.78 Å². The van der Waals surface area contributed by atoms with Gasteiger partial charge in [-0.1, -0.05) is 41.5 Å². The highest BCUT2D eigenvalue weighted by Gasteiger charge is 2.81. The van der Waals surface area contributed by atoms with Gasteiger partial charge in [0.1, 0.15) is 5.60 Å². The molecule has 192 valence electrons. The average Bonchev–Trinajstić information content (AvgIpc) is 3.09. The summed E-state index contributed by atoms with van der Waals surface area (Å²) in [7, 11) is 0. The Morgan fingerprint density at radius 2 is 1.68 bits per heavy atom. The van der Waals surface area contributed by atoms with Crippen molar-refractivity contribution in [1.29, 1.82) is 0 Å². The molecule has 5 saturated carbocycles. The third-order valence-corrected chi connectivity index (χ3v) is 14.4. The predicted molar refractivity (Wildman–Crippen MR) is 132 cm³/mol. The van der Waals surface area contributed by atoms with Crippen LogP contribution in [0.2, 0.25) is 0 Å². The quantitative estimate of drug-likeness (QED) is 0.537. The zero-order valence-electron chi connectivity index (χ0n) is 22.5. The van der Waals surface area contributed by atoms with Crippen LogP contribution in [0.4, 0.5) is 0 Å². The predicted octanol–water partition coefficient (Wildman–Crippen LogP) is 5.39. The molecule has 4 nitrogen and oxygen atoms in total. The number of Topliss-reactive ketones (excluding diaryl/α,β-unsaturated/α-hetero) is 1. The fourth-order valence-electron chi connectivity index (χ4n) is 12.0. The second-order valence-corrected chi connectivity index (χ2v) is 15.0. The van der Waals surface area contributed by atoms with Gasteiger partial charge in [0.2, 0.25) is 0 Å². The molecule has 1 saturated heterocycles. The Bertz CT molecular complexity index is 902. The van der Waals surface area contributed by atoms with Crippen LogP contribution in [-0.2, 0) is 9.53 Å². The summed E-state index contributed by atoms with van der Waals surface area (Å²) in [6, 6.07) is 0. The molecule has 5 aliphatic carbocycles. The number of rotatable bonds is 1. The summed E-state index contributed by atoms with van der Waals surface area (Å²) in [6.07, 6.45) is 8.72. The van der Waals surface area contributed by atoms with Crippen LogP contribution in [0.25, 0.3) is 0 Å². The second kappa shape index (κ2) is 6.90. The van der Waals surface area contributed by atoms with E-state index in [1.54, 1.807) is 0 Å². The molecule has 34 heavy (non-hydrogen) atoms. The van der Waals surface area contributed by atoms with Gasteiger partial charge < -0.3 is 14.9 Å². The fraction of sp³-hybridized carbons (Fsp3) is 0.967. The number of ketones is 1. The molecule has 4 heteroatoms. The van der Waals surface area contributed by atoms with Gasteiger partial charge in [-0.15, -0.1) is 0 Å². The lowest BCUT2D eigenvalue weighted by Gasteiger charge is -2.74. The summed E-state index contributed by atoms with van der Waals surface area (Å²) in [6.45, 7) is 15.1. The van der Waals surface area contributed by atoms with Crippen molar-refractivity contribution in [3.63, 3.8) is 0 Å². The van der Waals surface area contributed by atoms with Crippen molar-refractivity contribution in [2.24, 2.45) is 56.7 Å². The molecule has 6 fully saturated rings. The Labute approximate surface area is 206 Å². The maximum Gasteiger partial charge on any atom is 0.165 e. The summed E-state index contributed by atoms with van der Waals surface area (Å²) in [5.41, 5.74) is -1.07. The van der Waals surface area contributed by atoms with Gasteiger partial charge in [-0.05, 0) is 85.9 Å². The molecule has 1 heterocycles. The van der Waals surface area contributed by atoms with Crippen LogP contribution < -0.4 is 0 Å². The maximum atomic E-state index is 14.6. The largest absolute Gasteiger partial charge is 0.396 e. The Hall–Kier alpha value is -0.450. The van der Waals surface area contributed by atoms with Crippen LogP contribution in [0.1, 0.15) is 99.3 Å².